The van der Waals surface area contributed by atoms with E-state index in [9.17, 15) is 4.79 Å². The van der Waals surface area contributed by atoms with Crippen LogP contribution in [0.3, 0.4) is 0 Å². The molecule has 6 nitrogen and oxygen atoms in total. The third kappa shape index (κ3) is 4.31. The molecular weight excluding hydrogens is 416 g/mol. The lowest BCUT2D eigenvalue weighted by molar-refractivity contribution is -0.152. The number of ether oxygens (including phenoxy) is 3. The van der Waals surface area contributed by atoms with Gasteiger partial charge in [0, 0.05) is 18.8 Å². The van der Waals surface area contributed by atoms with Crippen molar-refractivity contribution in [2.75, 3.05) is 26.9 Å². The average Bonchev–Trinajstić information content (AvgIpc) is 3.70. The minimum absolute atomic E-state index is 0.160. The second kappa shape index (κ2) is 9.24. The third-order valence-electron chi connectivity index (χ3n) is 6.59. The first-order chi connectivity index (χ1) is 16.2. The molecule has 1 aromatic heterocycles. The maximum Gasteiger partial charge on any atom is 0.233 e. The van der Waals surface area contributed by atoms with Crippen molar-refractivity contribution >= 4 is 5.91 Å². The van der Waals surface area contributed by atoms with E-state index < -0.39 is 5.41 Å². The molecule has 1 aliphatic carbocycles. The predicted octanol–water partition coefficient (Wildman–Crippen LogP) is 4.17. The summed E-state index contributed by atoms with van der Waals surface area (Å²) in [4.78, 5) is 20.3. The third-order valence-corrected chi connectivity index (χ3v) is 6.59. The van der Waals surface area contributed by atoms with Crippen LogP contribution in [0.2, 0.25) is 0 Å². The topological polar surface area (TPSA) is 60.9 Å². The summed E-state index contributed by atoms with van der Waals surface area (Å²) in [6.07, 6.45) is 3.12. The van der Waals surface area contributed by atoms with E-state index in [4.69, 9.17) is 14.2 Å². The largest absolute Gasteiger partial charge is 0.497 e. The highest BCUT2D eigenvalue weighted by Gasteiger charge is 2.55. The lowest BCUT2D eigenvalue weighted by Gasteiger charge is -2.43. The van der Waals surface area contributed by atoms with Crippen molar-refractivity contribution in [1.82, 2.24) is 9.88 Å². The molecule has 1 amide bonds. The number of hydrogen-bond donors (Lipinski definition) is 0. The molecule has 2 aromatic carbocycles. The molecule has 170 valence electrons. The van der Waals surface area contributed by atoms with E-state index in [1.165, 1.54) is 0 Å². The van der Waals surface area contributed by atoms with Crippen LogP contribution in [0.1, 0.15) is 30.0 Å². The Balaban J connectivity index is 1.42. The Bertz CT molecular complexity index is 1070. The molecular formula is C27H28N2O4. The van der Waals surface area contributed by atoms with Gasteiger partial charge in [-0.3, -0.25) is 4.79 Å². The van der Waals surface area contributed by atoms with E-state index in [0.29, 0.717) is 25.6 Å². The fourth-order valence-corrected chi connectivity index (χ4v) is 4.68. The van der Waals surface area contributed by atoms with Gasteiger partial charge in [-0.2, -0.15) is 0 Å². The first-order valence-corrected chi connectivity index (χ1v) is 11.4. The summed E-state index contributed by atoms with van der Waals surface area (Å²) in [5.41, 5.74) is 1.63. The molecule has 5 rings (SSSR count). The molecule has 0 unspecified atom stereocenters. The number of methoxy groups -OCH3 is 1. The van der Waals surface area contributed by atoms with E-state index in [1.54, 1.807) is 13.3 Å². The van der Waals surface area contributed by atoms with Gasteiger partial charge in [-0.15, -0.1) is 0 Å². The zero-order chi connectivity index (χ0) is 22.7. The quantitative estimate of drug-likeness (QED) is 0.547. The lowest BCUT2D eigenvalue weighted by atomic mass is 9.91. The van der Waals surface area contributed by atoms with E-state index in [0.717, 1.165) is 29.7 Å². The van der Waals surface area contributed by atoms with E-state index in [1.807, 2.05) is 65.6 Å². The van der Waals surface area contributed by atoms with Crippen LogP contribution < -0.4 is 9.47 Å². The molecule has 0 radical (unpaired) electrons. The Hall–Kier alpha value is -3.38. The second-order valence-corrected chi connectivity index (χ2v) is 8.55. The Morgan fingerprint density at radius 1 is 1.06 bits per heavy atom. The summed E-state index contributed by atoms with van der Waals surface area (Å²) >= 11 is 0. The number of pyridine rings is 1. The minimum atomic E-state index is -0.469. The number of carbonyl (C=O) groups excluding carboxylic acids is 1. The van der Waals surface area contributed by atoms with Crippen LogP contribution in [-0.4, -0.2) is 48.8 Å². The van der Waals surface area contributed by atoms with Crippen molar-refractivity contribution in [3.63, 3.8) is 0 Å². The molecule has 1 saturated carbocycles. The van der Waals surface area contributed by atoms with Crippen LogP contribution in [0.15, 0.2) is 79.0 Å². The maximum atomic E-state index is 14.0. The zero-order valence-corrected chi connectivity index (χ0v) is 18.7. The molecule has 2 atom stereocenters. The normalized spacial score (nSPS) is 21.3. The molecule has 2 aliphatic rings. The molecule has 0 bridgehead atoms. The van der Waals surface area contributed by atoms with Crippen molar-refractivity contribution < 1.29 is 19.0 Å². The Morgan fingerprint density at radius 2 is 1.82 bits per heavy atom. The van der Waals surface area contributed by atoms with Crippen LogP contribution in [0, 0.1) is 0 Å². The van der Waals surface area contributed by atoms with Gasteiger partial charge >= 0.3 is 0 Å². The summed E-state index contributed by atoms with van der Waals surface area (Å²) in [7, 11) is 1.65. The van der Waals surface area contributed by atoms with Crippen LogP contribution in [-0.2, 0) is 14.9 Å². The van der Waals surface area contributed by atoms with Crippen molar-refractivity contribution in [1.29, 1.82) is 0 Å². The summed E-state index contributed by atoms with van der Waals surface area (Å²) < 4.78 is 17.4. The lowest BCUT2D eigenvalue weighted by Crippen LogP contribution is -2.52. The first-order valence-electron chi connectivity index (χ1n) is 11.4. The van der Waals surface area contributed by atoms with Gasteiger partial charge in [-0.05, 0) is 42.2 Å². The maximum absolute atomic E-state index is 14.0. The zero-order valence-electron chi connectivity index (χ0n) is 18.7. The number of aromatic nitrogens is 1. The first kappa shape index (κ1) is 21.5. The number of rotatable bonds is 7. The second-order valence-electron chi connectivity index (χ2n) is 8.55. The predicted molar refractivity (Wildman–Crippen MR) is 124 cm³/mol. The molecule has 33 heavy (non-hydrogen) atoms. The Morgan fingerprint density at radius 3 is 2.48 bits per heavy atom. The number of nitrogens with zero attached hydrogens (tertiary/aromatic N) is 2. The van der Waals surface area contributed by atoms with Gasteiger partial charge in [-0.1, -0.05) is 48.5 Å². The number of carbonyl (C=O) groups is 1. The Labute approximate surface area is 194 Å². The number of amides is 1. The summed E-state index contributed by atoms with van der Waals surface area (Å²) in [5.74, 6) is 1.50. The van der Waals surface area contributed by atoms with Gasteiger partial charge < -0.3 is 19.1 Å². The molecule has 6 heteroatoms. The van der Waals surface area contributed by atoms with Gasteiger partial charge in [0.1, 0.15) is 18.5 Å². The summed E-state index contributed by atoms with van der Waals surface area (Å²) in [6, 6.07) is 23.3. The molecule has 2 heterocycles. The number of hydrogen-bond acceptors (Lipinski definition) is 5. The highest BCUT2D eigenvalue weighted by Crippen LogP contribution is 2.51. The monoisotopic (exact) mass is 444 g/mol. The fourth-order valence-electron chi connectivity index (χ4n) is 4.68. The highest BCUT2D eigenvalue weighted by atomic mass is 16.5. The summed E-state index contributed by atoms with van der Waals surface area (Å²) in [6.45, 7) is 1.34. The Kier molecular flexibility index (Phi) is 6.01. The van der Waals surface area contributed by atoms with Crippen molar-refractivity contribution in [2.24, 2.45) is 0 Å². The molecule has 2 fully saturated rings. The molecule has 0 spiro atoms. The highest BCUT2D eigenvalue weighted by molar-refractivity contribution is 5.91. The fraction of sp³-hybridized carbons (Fsp3) is 0.333. The number of benzene rings is 2. The van der Waals surface area contributed by atoms with Crippen molar-refractivity contribution in [2.45, 2.75) is 30.4 Å². The van der Waals surface area contributed by atoms with Crippen LogP contribution in [0.25, 0.3) is 0 Å². The van der Waals surface area contributed by atoms with E-state index in [2.05, 4.69) is 17.1 Å². The van der Waals surface area contributed by atoms with E-state index >= 15 is 0 Å². The van der Waals surface area contributed by atoms with Gasteiger partial charge in [0.15, 0.2) is 0 Å². The van der Waals surface area contributed by atoms with Gasteiger partial charge in [0.05, 0.1) is 25.2 Å². The summed E-state index contributed by atoms with van der Waals surface area (Å²) in [5, 5.41) is 0. The molecule has 0 N–H and O–H groups in total. The minimum Gasteiger partial charge on any atom is -0.497 e. The van der Waals surface area contributed by atoms with Crippen molar-refractivity contribution in [3.8, 4) is 11.6 Å². The molecule has 1 saturated heterocycles. The van der Waals surface area contributed by atoms with Crippen LogP contribution in [0.5, 0.6) is 11.6 Å². The average molecular weight is 445 g/mol. The number of morpholine rings is 1. The van der Waals surface area contributed by atoms with Gasteiger partial charge in [0.2, 0.25) is 11.8 Å². The standard InChI is InChI=1S/C27H28N2O4/c1-31-22-12-10-21(11-13-22)27(14-15-27)26(30)29-17-18-32-23(19-33-24-9-5-6-16-28-24)25(29)20-7-3-2-4-8-20/h2-13,16,23,25H,14-15,17-19H2,1H3/t23-,25-/m0/s1. The molecule has 1 aliphatic heterocycles. The van der Waals surface area contributed by atoms with Crippen LogP contribution in [0.4, 0.5) is 0 Å². The SMILES string of the molecule is COc1ccc(C2(C(=O)N3CCO[C@@H](COc4ccccn4)[C@@H]3c3ccccc3)CC2)cc1. The van der Waals surface area contributed by atoms with E-state index in [-0.39, 0.29) is 18.1 Å². The van der Waals surface area contributed by atoms with Crippen molar-refractivity contribution in [3.05, 3.63) is 90.1 Å². The van der Waals surface area contributed by atoms with Crippen LogP contribution >= 0.6 is 0 Å². The van der Waals surface area contributed by atoms with Gasteiger partial charge in [0.25, 0.3) is 0 Å². The molecule has 3 aromatic rings. The van der Waals surface area contributed by atoms with Gasteiger partial charge in [-0.25, -0.2) is 4.98 Å². The smallest absolute Gasteiger partial charge is 0.233 e.